The summed E-state index contributed by atoms with van der Waals surface area (Å²) in [6.07, 6.45) is -0.0149. The predicted octanol–water partition coefficient (Wildman–Crippen LogP) is -0.857. The summed E-state index contributed by atoms with van der Waals surface area (Å²) in [7, 11) is 1.49. The van der Waals surface area contributed by atoms with E-state index in [1.54, 1.807) is 0 Å². The van der Waals surface area contributed by atoms with Gasteiger partial charge in [-0.15, -0.1) is 0 Å². The Morgan fingerprint density at radius 3 is 2.17 bits per heavy atom. The topological polar surface area (TPSA) is 86.6 Å². The van der Waals surface area contributed by atoms with E-state index in [2.05, 4.69) is 5.32 Å². The van der Waals surface area contributed by atoms with Crippen molar-refractivity contribution >= 4 is 41.5 Å². The molecule has 0 saturated heterocycles. The standard InChI is InChI=1S/C6H11NO4.Na/c1-7-4(6(10)11)2-3-5(8)9;/h4,7H,2-3H2,1H3,(H,8,9)(H,10,11);/t4-;/m0./s1. The third-order valence-electron chi connectivity index (χ3n) is 1.29. The SMILES string of the molecule is CN[C@@H](CCC(=O)O)C(=O)O.[Na]. The average Bonchev–Trinajstić information content (AvgIpc) is 1.87. The fourth-order valence-corrected chi connectivity index (χ4v) is 0.659. The number of carboxylic acids is 2. The second kappa shape index (κ2) is 7.54. The average molecular weight is 184 g/mol. The normalized spacial score (nSPS) is 11.4. The van der Waals surface area contributed by atoms with Crippen LogP contribution < -0.4 is 5.32 Å². The molecule has 0 aromatic rings. The molecule has 0 rings (SSSR count). The van der Waals surface area contributed by atoms with Crippen LogP contribution in [0.5, 0.6) is 0 Å². The summed E-state index contributed by atoms with van der Waals surface area (Å²) in [5.41, 5.74) is 0. The van der Waals surface area contributed by atoms with Crippen LogP contribution in [0.4, 0.5) is 0 Å². The van der Waals surface area contributed by atoms with E-state index in [0.717, 1.165) is 0 Å². The first-order valence-corrected chi connectivity index (χ1v) is 3.19. The Bertz CT molecular complexity index is 162. The van der Waals surface area contributed by atoms with Crippen LogP contribution in [0.25, 0.3) is 0 Å². The van der Waals surface area contributed by atoms with E-state index in [1.165, 1.54) is 7.05 Å². The summed E-state index contributed by atoms with van der Waals surface area (Å²) in [6.45, 7) is 0. The fraction of sp³-hybridized carbons (Fsp3) is 0.667. The van der Waals surface area contributed by atoms with E-state index in [-0.39, 0.29) is 42.4 Å². The molecule has 0 bridgehead atoms. The molecule has 1 atom stereocenters. The van der Waals surface area contributed by atoms with Crippen molar-refractivity contribution in [1.29, 1.82) is 0 Å². The van der Waals surface area contributed by atoms with Crippen LogP contribution in [-0.4, -0.2) is 64.8 Å². The molecular formula is C6H11NNaO4. The summed E-state index contributed by atoms with van der Waals surface area (Å²) in [6, 6.07) is -0.758. The third kappa shape index (κ3) is 6.60. The zero-order valence-corrected chi connectivity index (χ0v) is 9.20. The van der Waals surface area contributed by atoms with E-state index in [9.17, 15) is 9.59 Å². The van der Waals surface area contributed by atoms with Gasteiger partial charge in [-0.2, -0.15) is 0 Å². The van der Waals surface area contributed by atoms with Crippen molar-refractivity contribution in [3.63, 3.8) is 0 Å². The number of carboxylic acid groups (broad SMARTS) is 2. The Morgan fingerprint density at radius 1 is 1.42 bits per heavy atom. The van der Waals surface area contributed by atoms with Gasteiger partial charge >= 0.3 is 11.9 Å². The molecule has 12 heavy (non-hydrogen) atoms. The van der Waals surface area contributed by atoms with Gasteiger partial charge in [0.25, 0.3) is 0 Å². The third-order valence-corrected chi connectivity index (χ3v) is 1.29. The van der Waals surface area contributed by atoms with Crippen LogP contribution in [0.1, 0.15) is 12.8 Å². The van der Waals surface area contributed by atoms with E-state index in [0.29, 0.717) is 0 Å². The van der Waals surface area contributed by atoms with E-state index >= 15 is 0 Å². The number of rotatable bonds is 5. The molecule has 0 fully saturated rings. The van der Waals surface area contributed by atoms with Crippen molar-refractivity contribution in [3.05, 3.63) is 0 Å². The van der Waals surface area contributed by atoms with E-state index in [1.807, 2.05) is 0 Å². The van der Waals surface area contributed by atoms with Crippen LogP contribution in [0, 0.1) is 0 Å². The van der Waals surface area contributed by atoms with Gasteiger partial charge in [0.1, 0.15) is 6.04 Å². The molecular weight excluding hydrogens is 173 g/mol. The van der Waals surface area contributed by atoms with Crippen LogP contribution in [0.3, 0.4) is 0 Å². The zero-order chi connectivity index (χ0) is 8.85. The van der Waals surface area contributed by atoms with Gasteiger partial charge in [-0.3, -0.25) is 9.59 Å². The molecule has 0 spiro atoms. The molecule has 5 nitrogen and oxygen atoms in total. The van der Waals surface area contributed by atoms with Crippen LogP contribution in [0.2, 0.25) is 0 Å². The summed E-state index contributed by atoms with van der Waals surface area (Å²) in [4.78, 5) is 20.3. The number of aliphatic carboxylic acids is 2. The molecule has 0 saturated carbocycles. The zero-order valence-electron chi connectivity index (χ0n) is 7.20. The number of likely N-dealkylation sites (N-methyl/N-ethyl adjacent to an activating group) is 1. The van der Waals surface area contributed by atoms with Crippen molar-refractivity contribution in [2.24, 2.45) is 0 Å². The van der Waals surface area contributed by atoms with Gasteiger partial charge in [0.2, 0.25) is 0 Å². The minimum absolute atomic E-state index is 0. The van der Waals surface area contributed by atoms with Crippen molar-refractivity contribution < 1.29 is 19.8 Å². The number of hydrogen-bond donors (Lipinski definition) is 3. The number of nitrogens with one attached hydrogen (secondary N) is 1. The van der Waals surface area contributed by atoms with E-state index < -0.39 is 18.0 Å². The molecule has 65 valence electrons. The molecule has 6 heteroatoms. The van der Waals surface area contributed by atoms with Crippen LogP contribution >= 0.6 is 0 Å². The molecule has 0 aromatic heterocycles. The Labute approximate surface area is 92.4 Å². The first-order valence-electron chi connectivity index (χ1n) is 3.19. The molecule has 0 amide bonds. The Kier molecular flexibility index (Phi) is 9.07. The molecule has 0 aliphatic rings. The van der Waals surface area contributed by atoms with Gasteiger partial charge in [-0.1, -0.05) is 0 Å². The van der Waals surface area contributed by atoms with E-state index in [4.69, 9.17) is 10.2 Å². The maximum Gasteiger partial charge on any atom is 0.320 e. The molecule has 1 radical (unpaired) electrons. The van der Waals surface area contributed by atoms with Crippen molar-refractivity contribution in [2.45, 2.75) is 18.9 Å². The Hall–Kier alpha value is -0.100. The van der Waals surface area contributed by atoms with Crippen LogP contribution in [0.15, 0.2) is 0 Å². The maximum absolute atomic E-state index is 10.3. The summed E-state index contributed by atoms with van der Waals surface area (Å²) in [5.74, 6) is -2.00. The predicted molar refractivity (Wildman–Crippen MR) is 43.1 cm³/mol. The molecule has 3 N–H and O–H groups in total. The van der Waals surface area contributed by atoms with Gasteiger partial charge in [-0.25, -0.2) is 0 Å². The number of carbonyl (C=O) groups is 2. The monoisotopic (exact) mass is 184 g/mol. The quantitative estimate of drug-likeness (QED) is 0.484. The smallest absolute Gasteiger partial charge is 0.320 e. The van der Waals surface area contributed by atoms with Gasteiger partial charge in [0.05, 0.1) is 0 Å². The minimum Gasteiger partial charge on any atom is -0.481 e. The molecule has 0 aromatic carbocycles. The fourth-order valence-electron chi connectivity index (χ4n) is 0.659. The minimum atomic E-state index is -1.02. The summed E-state index contributed by atoms with van der Waals surface area (Å²) in [5, 5.41) is 19.1. The first kappa shape index (κ1) is 14.4. The molecule has 0 unspecified atom stereocenters. The molecule has 0 heterocycles. The summed E-state index contributed by atoms with van der Waals surface area (Å²) < 4.78 is 0. The largest absolute Gasteiger partial charge is 0.481 e. The van der Waals surface area contributed by atoms with Crippen molar-refractivity contribution in [2.75, 3.05) is 7.05 Å². The second-order valence-corrected chi connectivity index (χ2v) is 2.11. The van der Waals surface area contributed by atoms with Gasteiger partial charge in [0, 0.05) is 36.0 Å². The second-order valence-electron chi connectivity index (χ2n) is 2.11. The van der Waals surface area contributed by atoms with Crippen molar-refractivity contribution in [1.82, 2.24) is 5.32 Å². The van der Waals surface area contributed by atoms with Gasteiger partial charge in [-0.05, 0) is 13.5 Å². The maximum atomic E-state index is 10.3. The first-order chi connectivity index (χ1) is 5.07. The van der Waals surface area contributed by atoms with Crippen LogP contribution in [-0.2, 0) is 9.59 Å². The summed E-state index contributed by atoms with van der Waals surface area (Å²) >= 11 is 0. The number of hydrogen-bond acceptors (Lipinski definition) is 3. The Balaban J connectivity index is 0. The van der Waals surface area contributed by atoms with Gasteiger partial charge in [0.15, 0.2) is 0 Å². The Morgan fingerprint density at radius 2 is 1.92 bits per heavy atom. The van der Waals surface area contributed by atoms with Gasteiger partial charge < -0.3 is 15.5 Å². The van der Waals surface area contributed by atoms with Crippen molar-refractivity contribution in [3.8, 4) is 0 Å². The molecule has 0 aliphatic carbocycles. The molecule has 0 aliphatic heterocycles.